The normalized spacial score (nSPS) is 20.2. The first-order valence-electron chi connectivity index (χ1n) is 10.8. The molecule has 2 aliphatic rings. The Labute approximate surface area is 190 Å². The number of aliphatic imine (C=N–C) groups is 1. The lowest BCUT2D eigenvalue weighted by atomic mass is 10.0. The number of nitrogens with one attached hydrogen (secondary N) is 2. The van der Waals surface area contributed by atoms with Crippen LogP contribution in [0.4, 0.5) is 30.6 Å². The molecule has 174 valence electrons. The summed E-state index contributed by atoms with van der Waals surface area (Å²) >= 11 is 0. The van der Waals surface area contributed by atoms with Gasteiger partial charge in [-0.2, -0.15) is 0 Å². The number of fused-ring (bicyclic) bond motifs is 1. The zero-order valence-corrected chi connectivity index (χ0v) is 18.7. The van der Waals surface area contributed by atoms with Gasteiger partial charge in [0.1, 0.15) is 23.2 Å². The summed E-state index contributed by atoms with van der Waals surface area (Å²) in [7, 11) is 0. The Kier molecular flexibility index (Phi) is 6.05. The van der Waals surface area contributed by atoms with Crippen LogP contribution in [0.25, 0.3) is 0 Å². The number of hydrogen-bond donors (Lipinski definition) is 2. The van der Waals surface area contributed by atoms with E-state index in [9.17, 15) is 18.4 Å². The lowest BCUT2D eigenvalue weighted by Gasteiger charge is -2.24. The summed E-state index contributed by atoms with van der Waals surface area (Å²) in [6.45, 7) is 6.38. The topological polar surface area (TPSA) is 83.0 Å². The van der Waals surface area contributed by atoms with Gasteiger partial charge in [0.25, 0.3) is 0 Å². The molecule has 4 rings (SSSR count). The molecule has 0 saturated carbocycles. The van der Waals surface area contributed by atoms with Crippen molar-refractivity contribution in [3.63, 3.8) is 0 Å². The zero-order chi connectivity index (χ0) is 23.8. The van der Waals surface area contributed by atoms with Crippen molar-refractivity contribution in [1.82, 2.24) is 4.90 Å². The van der Waals surface area contributed by atoms with E-state index in [4.69, 9.17) is 4.74 Å². The lowest BCUT2D eigenvalue weighted by Crippen LogP contribution is -2.36. The summed E-state index contributed by atoms with van der Waals surface area (Å²) in [5.41, 5.74) is 1.10. The average Bonchev–Trinajstić information content (AvgIpc) is 3.31. The van der Waals surface area contributed by atoms with Gasteiger partial charge in [-0.15, -0.1) is 0 Å². The molecule has 2 N–H and O–H groups in total. The van der Waals surface area contributed by atoms with Crippen LogP contribution in [0.1, 0.15) is 38.7 Å². The summed E-state index contributed by atoms with van der Waals surface area (Å²) in [5.74, 6) is -1.99. The summed E-state index contributed by atoms with van der Waals surface area (Å²) in [5, 5.41) is 5.80. The smallest absolute Gasteiger partial charge is 0.410 e. The first-order chi connectivity index (χ1) is 15.6. The van der Waals surface area contributed by atoms with Crippen molar-refractivity contribution in [2.24, 2.45) is 4.99 Å². The molecule has 0 aliphatic carbocycles. The molecule has 2 amide bonds. The fraction of sp³-hybridized carbons (Fsp3) is 0.375. The average molecular weight is 456 g/mol. The van der Waals surface area contributed by atoms with E-state index < -0.39 is 23.2 Å². The number of carbonyl (C=O) groups excluding carboxylic acids is 2. The molecule has 0 spiro atoms. The second-order valence-corrected chi connectivity index (χ2v) is 9.20. The van der Waals surface area contributed by atoms with Gasteiger partial charge in [-0.25, -0.2) is 13.6 Å². The van der Waals surface area contributed by atoms with Crippen molar-refractivity contribution in [3.8, 4) is 0 Å². The predicted molar refractivity (Wildman–Crippen MR) is 122 cm³/mol. The van der Waals surface area contributed by atoms with Crippen LogP contribution in [-0.2, 0) is 9.53 Å². The van der Waals surface area contributed by atoms with Gasteiger partial charge in [-0.1, -0.05) is 0 Å². The van der Waals surface area contributed by atoms with Gasteiger partial charge in [0.05, 0.1) is 11.4 Å². The quantitative estimate of drug-likeness (QED) is 0.646. The Bertz CT molecular complexity index is 1110. The Morgan fingerprint density at radius 3 is 2.76 bits per heavy atom. The highest BCUT2D eigenvalue weighted by atomic mass is 19.1. The highest BCUT2D eigenvalue weighted by molar-refractivity contribution is 6.12. The summed E-state index contributed by atoms with van der Waals surface area (Å²) in [6.07, 6.45) is 1.68. The standard InChI is InChI=1S/C24H26F2N4O3/c1-24(2,3)33-23(32)30-9-8-16(13-30)28-21-7-5-15(11-19(21)26)27-12-18-17-10-14(25)4-6-20(17)29-22(18)31/h4-7,10-12,16,18,28H,8-9,13H2,1-3H3,(H,29,31). The van der Waals surface area contributed by atoms with Gasteiger partial charge >= 0.3 is 6.09 Å². The second-order valence-electron chi connectivity index (χ2n) is 9.20. The van der Waals surface area contributed by atoms with Gasteiger partial charge < -0.3 is 20.3 Å². The fourth-order valence-corrected chi connectivity index (χ4v) is 3.86. The van der Waals surface area contributed by atoms with E-state index in [2.05, 4.69) is 15.6 Å². The van der Waals surface area contributed by atoms with E-state index >= 15 is 0 Å². The van der Waals surface area contributed by atoms with Crippen molar-refractivity contribution >= 4 is 35.3 Å². The molecule has 2 aromatic rings. The van der Waals surface area contributed by atoms with Crippen LogP contribution in [-0.4, -0.2) is 47.8 Å². The number of anilines is 2. The van der Waals surface area contributed by atoms with E-state index in [-0.39, 0.29) is 18.0 Å². The van der Waals surface area contributed by atoms with Crippen LogP contribution in [0.5, 0.6) is 0 Å². The highest BCUT2D eigenvalue weighted by Crippen LogP contribution is 2.32. The Balaban J connectivity index is 1.39. The number of halogens is 2. The number of hydrogen-bond acceptors (Lipinski definition) is 5. The number of amides is 2. The van der Waals surface area contributed by atoms with Crippen LogP contribution in [0.2, 0.25) is 0 Å². The molecule has 0 radical (unpaired) electrons. The van der Waals surface area contributed by atoms with Crippen molar-refractivity contribution in [3.05, 3.63) is 53.6 Å². The molecule has 2 aromatic carbocycles. The SMILES string of the molecule is CC(C)(C)OC(=O)N1CCC(Nc2ccc(N=CC3C(=O)Nc4ccc(F)cc43)cc2F)C1. The molecule has 2 heterocycles. The third kappa shape index (κ3) is 5.30. The second kappa shape index (κ2) is 8.80. The van der Waals surface area contributed by atoms with E-state index in [0.717, 1.165) is 0 Å². The largest absolute Gasteiger partial charge is 0.444 e. The van der Waals surface area contributed by atoms with Crippen molar-refractivity contribution in [1.29, 1.82) is 0 Å². The molecule has 1 saturated heterocycles. The molecule has 9 heteroatoms. The molecule has 2 atom stereocenters. The summed E-state index contributed by atoms with van der Waals surface area (Å²) in [4.78, 5) is 30.2. The molecule has 2 unspecified atom stereocenters. The zero-order valence-electron chi connectivity index (χ0n) is 18.7. The highest BCUT2D eigenvalue weighted by Gasteiger charge is 2.31. The van der Waals surface area contributed by atoms with Crippen LogP contribution in [0.3, 0.4) is 0 Å². The Morgan fingerprint density at radius 1 is 1.24 bits per heavy atom. The monoisotopic (exact) mass is 456 g/mol. The van der Waals surface area contributed by atoms with Crippen LogP contribution >= 0.6 is 0 Å². The first-order valence-corrected chi connectivity index (χ1v) is 10.8. The van der Waals surface area contributed by atoms with Gasteiger partial charge in [0.15, 0.2) is 0 Å². The van der Waals surface area contributed by atoms with Gasteiger partial charge in [0.2, 0.25) is 5.91 Å². The third-order valence-corrected chi connectivity index (χ3v) is 5.41. The molecular weight excluding hydrogens is 430 g/mol. The van der Waals surface area contributed by atoms with E-state index in [0.29, 0.717) is 42.1 Å². The Hall–Kier alpha value is -3.49. The van der Waals surface area contributed by atoms with Gasteiger partial charge in [0, 0.05) is 37.1 Å². The fourth-order valence-electron chi connectivity index (χ4n) is 3.86. The third-order valence-electron chi connectivity index (χ3n) is 5.41. The number of ether oxygens (including phenoxy) is 1. The summed E-state index contributed by atoms with van der Waals surface area (Å²) in [6, 6.07) is 8.43. The Morgan fingerprint density at radius 2 is 2.03 bits per heavy atom. The molecule has 2 aliphatic heterocycles. The predicted octanol–water partition coefficient (Wildman–Crippen LogP) is 4.82. The number of carbonyl (C=O) groups is 2. The van der Waals surface area contributed by atoms with E-state index in [1.54, 1.807) is 17.0 Å². The number of nitrogens with zero attached hydrogens (tertiary/aromatic N) is 2. The molecule has 1 fully saturated rings. The van der Waals surface area contributed by atoms with E-state index in [1.165, 1.54) is 30.5 Å². The van der Waals surface area contributed by atoms with Crippen molar-refractivity contribution in [2.75, 3.05) is 23.7 Å². The molecular formula is C24H26F2N4O3. The van der Waals surface area contributed by atoms with Crippen LogP contribution in [0, 0.1) is 11.6 Å². The molecule has 7 nitrogen and oxygen atoms in total. The molecule has 0 bridgehead atoms. The number of likely N-dealkylation sites (tertiary alicyclic amines) is 1. The minimum Gasteiger partial charge on any atom is -0.444 e. The van der Waals surface area contributed by atoms with Gasteiger partial charge in [-0.05, 0) is 63.1 Å². The van der Waals surface area contributed by atoms with Crippen molar-refractivity contribution < 1.29 is 23.1 Å². The number of benzene rings is 2. The maximum Gasteiger partial charge on any atom is 0.410 e. The summed E-state index contributed by atoms with van der Waals surface area (Å²) < 4.78 is 33.6. The maximum absolute atomic E-state index is 14.7. The van der Waals surface area contributed by atoms with Crippen LogP contribution in [0.15, 0.2) is 41.4 Å². The van der Waals surface area contributed by atoms with Gasteiger partial charge in [-0.3, -0.25) is 9.79 Å². The first kappa shape index (κ1) is 22.7. The maximum atomic E-state index is 14.7. The van der Waals surface area contributed by atoms with Crippen LogP contribution < -0.4 is 10.6 Å². The minimum absolute atomic E-state index is 0.102. The lowest BCUT2D eigenvalue weighted by molar-refractivity contribution is -0.115. The van der Waals surface area contributed by atoms with Crippen molar-refractivity contribution in [2.45, 2.75) is 44.8 Å². The minimum atomic E-state index is -0.742. The number of rotatable bonds is 4. The van der Waals surface area contributed by atoms with E-state index in [1.807, 2.05) is 20.8 Å². The molecule has 0 aromatic heterocycles. The molecule has 33 heavy (non-hydrogen) atoms.